The smallest absolute Gasteiger partial charge is 0.199 e. The summed E-state index contributed by atoms with van der Waals surface area (Å²) in [6.07, 6.45) is 0.504. The number of benzene rings is 1. The number of aromatic nitrogens is 1. The lowest BCUT2D eigenvalue weighted by molar-refractivity contribution is 0.109. The third-order valence-electron chi connectivity index (χ3n) is 1.85. The van der Waals surface area contributed by atoms with Crippen molar-refractivity contribution in [1.82, 2.24) is 5.16 Å². The third-order valence-corrected chi connectivity index (χ3v) is 2.09. The molecular formula is C10H5ClFNO2. The van der Waals surface area contributed by atoms with E-state index in [0.29, 0.717) is 11.3 Å². The number of hydrogen-bond acceptors (Lipinski definition) is 3. The van der Waals surface area contributed by atoms with E-state index in [0.717, 1.165) is 0 Å². The summed E-state index contributed by atoms with van der Waals surface area (Å²) in [6.45, 7) is 0. The maximum Gasteiger partial charge on any atom is 0.199 e. The summed E-state index contributed by atoms with van der Waals surface area (Å²) in [5.74, 6) is -0.451. The minimum atomic E-state index is -0.506. The number of rotatable bonds is 2. The maximum atomic E-state index is 13.4. The Balaban J connectivity index is 2.49. The molecule has 0 aliphatic heterocycles. The van der Waals surface area contributed by atoms with Gasteiger partial charge < -0.3 is 4.52 Å². The van der Waals surface area contributed by atoms with Gasteiger partial charge in [0.25, 0.3) is 0 Å². The molecular weight excluding hydrogens is 221 g/mol. The zero-order valence-electron chi connectivity index (χ0n) is 7.41. The average molecular weight is 226 g/mol. The number of aldehydes is 1. The molecule has 1 aromatic heterocycles. The molecule has 0 aliphatic rings. The van der Waals surface area contributed by atoms with Crippen molar-refractivity contribution in [1.29, 1.82) is 0 Å². The van der Waals surface area contributed by atoms with Crippen LogP contribution in [0.15, 0.2) is 28.8 Å². The highest BCUT2D eigenvalue weighted by molar-refractivity contribution is 6.30. The SMILES string of the molecule is O=Cc1cc(-c2ccc(Cl)cc2F)no1. The fraction of sp³-hybridized carbons (Fsp3) is 0. The Morgan fingerprint density at radius 3 is 2.80 bits per heavy atom. The maximum absolute atomic E-state index is 13.4. The Morgan fingerprint density at radius 2 is 2.20 bits per heavy atom. The molecule has 0 bridgehead atoms. The van der Waals surface area contributed by atoms with Gasteiger partial charge >= 0.3 is 0 Å². The molecule has 1 heterocycles. The molecule has 5 heteroatoms. The van der Waals surface area contributed by atoms with E-state index in [4.69, 9.17) is 11.6 Å². The summed E-state index contributed by atoms with van der Waals surface area (Å²) in [5.41, 5.74) is 0.516. The van der Waals surface area contributed by atoms with Crippen LogP contribution in [0.2, 0.25) is 5.02 Å². The van der Waals surface area contributed by atoms with Gasteiger partial charge in [0.1, 0.15) is 11.5 Å². The van der Waals surface area contributed by atoms with Crippen LogP contribution in [0.4, 0.5) is 4.39 Å². The van der Waals surface area contributed by atoms with Gasteiger partial charge in [0.2, 0.25) is 0 Å². The molecule has 2 rings (SSSR count). The first-order valence-electron chi connectivity index (χ1n) is 4.08. The summed E-state index contributed by atoms with van der Waals surface area (Å²) in [6, 6.07) is 5.55. The van der Waals surface area contributed by atoms with Crippen LogP contribution in [-0.4, -0.2) is 11.4 Å². The van der Waals surface area contributed by atoms with E-state index in [1.807, 2.05) is 0 Å². The van der Waals surface area contributed by atoms with Crippen molar-refractivity contribution in [2.45, 2.75) is 0 Å². The lowest BCUT2D eigenvalue weighted by atomic mass is 10.1. The van der Waals surface area contributed by atoms with Gasteiger partial charge in [-0.05, 0) is 18.2 Å². The van der Waals surface area contributed by atoms with Crippen molar-refractivity contribution in [2.75, 3.05) is 0 Å². The van der Waals surface area contributed by atoms with Crippen molar-refractivity contribution in [3.05, 3.63) is 40.9 Å². The molecule has 0 saturated heterocycles. The predicted molar refractivity (Wildman–Crippen MR) is 52.3 cm³/mol. The molecule has 0 unspecified atom stereocenters. The van der Waals surface area contributed by atoms with Crippen LogP contribution in [0.1, 0.15) is 10.6 Å². The molecule has 0 aliphatic carbocycles. The molecule has 0 N–H and O–H groups in total. The Morgan fingerprint density at radius 1 is 1.40 bits per heavy atom. The molecule has 2 aromatic rings. The number of nitrogens with zero attached hydrogens (tertiary/aromatic N) is 1. The lowest BCUT2D eigenvalue weighted by Gasteiger charge is -1.97. The standard InChI is InChI=1S/C10H5ClFNO2/c11-6-1-2-8(9(12)3-6)10-4-7(5-14)15-13-10/h1-5H. The number of carbonyl (C=O) groups excluding carboxylic acids is 1. The van der Waals surface area contributed by atoms with Gasteiger partial charge in [-0.3, -0.25) is 4.79 Å². The molecule has 0 atom stereocenters. The second kappa shape index (κ2) is 3.82. The first-order valence-corrected chi connectivity index (χ1v) is 4.46. The molecule has 3 nitrogen and oxygen atoms in total. The Labute approximate surface area is 89.4 Å². The van der Waals surface area contributed by atoms with E-state index >= 15 is 0 Å². The highest BCUT2D eigenvalue weighted by atomic mass is 35.5. The van der Waals surface area contributed by atoms with Crippen molar-refractivity contribution in [3.8, 4) is 11.3 Å². The monoisotopic (exact) mass is 225 g/mol. The van der Waals surface area contributed by atoms with E-state index in [1.54, 1.807) is 0 Å². The average Bonchev–Trinajstić information content (AvgIpc) is 2.66. The van der Waals surface area contributed by atoms with Gasteiger partial charge in [0, 0.05) is 16.7 Å². The number of carbonyl (C=O) groups is 1. The predicted octanol–water partition coefficient (Wildman–Crippen LogP) is 2.95. The highest BCUT2D eigenvalue weighted by Gasteiger charge is 2.10. The van der Waals surface area contributed by atoms with E-state index in [9.17, 15) is 9.18 Å². The molecule has 0 spiro atoms. The van der Waals surface area contributed by atoms with Crippen LogP contribution >= 0.6 is 11.6 Å². The van der Waals surface area contributed by atoms with Gasteiger partial charge in [-0.25, -0.2) is 4.39 Å². The Hall–Kier alpha value is -1.68. The van der Waals surface area contributed by atoms with Gasteiger partial charge in [0.05, 0.1) is 0 Å². The van der Waals surface area contributed by atoms with Crippen LogP contribution in [0.3, 0.4) is 0 Å². The summed E-state index contributed by atoms with van der Waals surface area (Å²) in [5, 5.41) is 3.86. The highest BCUT2D eigenvalue weighted by Crippen LogP contribution is 2.24. The normalized spacial score (nSPS) is 10.3. The topological polar surface area (TPSA) is 43.1 Å². The van der Waals surface area contributed by atoms with Crippen molar-refractivity contribution < 1.29 is 13.7 Å². The largest absolute Gasteiger partial charge is 0.353 e. The molecule has 15 heavy (non-hydrogen) atoms. The van der Waals surface area contributed by atoms with Crippen molar-refractivity contribution in [3.63, 3.8) is 0 Å². The first-order chi connectivity index (χ1) is 7.20. The fourth-order valence-corrected chi connectivity index (χ4v) is 1.33. The van der Waals surface area contributed by atoms with Crippen LogP contribution in [0.5, 0.6) is 0 Å². The van der Waals surface area contributed by atoms with Gasteiger partial charge in [-0.15, -0.1) is 0 Å². The molecule has 0 radical (unpaired) electrons. The van der Waals surface area contributed by atoms with E-state index in [2.05, 4.69) is 9.68 Å². The van der Waals surface area contributed by atoms with Crippen LogP contribution in [0, 0.1) is 5.82 Å². The second-order valence-electron chi connectivity index (χ2n) is 2.86. The summed E-state index contributed by atoms with van der Waals surface area (Å²) in [7, 11) is 0. The number of halogens is 2. The zero-order chi connectivity index (χ0) is 10.8. The van der Waals surface area contributed by atoms with E-state index in [-0.39, 0.29) is 17.0 Å². The second-order valence-corrected chi connectivity index (χ2v) is 3.29. The van der Waals surface area contributed by atoms with Gasteiger partial charge in [-0.2, -0.15) is 0 Å². The Kier molecular flexibility index (Phi) is 2.51. The Bertz CT molecular complexity index is 510. The molecule has 0 saturated carbocycles. The van der Waals surface area contributed by atoms with Gasteiger partial charge in [0.15, 0.2) is 12.0 Å². The molecule has 76 valence electrons. The zero-order valence-corrected chi connectivity index (χ0v) is 8.16. The summed E-state index contributed by atoms with van der Waals surface area (Å²) >= 11 is 5.60. The minimum absolute atomic E-state index is 0.0550. The lowest BCUT2D eigenvalue weighted by Crippen LogP contribution is -1.83. The summed E-state index contributed by atoms with van der Waals surface area (Å²) < 4.78 is 18.0. The van der Waals surface area contributed by atoms with E-state index in [1.165, 1.54) is 24.3 Å². The quantitative estimate of drug-likeness (QED) is 0.738. The van der Waals surface area contributed by atoms with Crippen LogP contribution in [0.25, 0.3) is 11.3 Å². The fourth-order valence-electron chi connectivity index (χ4n) is 1.17. The molecule has 1 aromatic carbocycles. The molecule has 0 amide bonds. The van der Waals surface area contributed by atoms with E-state index < -0.39 is 5.82 Å². The first kappa shape index (κ1) is 9.86. The summed E-state index contributed by atoms with van der Waals surface area (Å²) in [4.78, 5) is 10.3. The van der Waals surface area contributed by atoms with Crippen LogP contribution < -0.4 is 0 Å². The van der Waals surface area contributed by atoms with Crippen LogP contribution in [-0.2, 0) is 0 Å². The van der Waals surface area contributed by atoms with Gasteiger partial charge in [-0.1, -0.05) is 16.8 Å². The van der Waals surface area contributed by atoms with Crippen molar-refractivity contribution >= 4 is 17.9 Å². The van der Waals surface area contributed by atoms with Crippen molar-refractivity contribution in [2.24, 2.45) is 0 Å². The third kappa shape index (κ3) is 1.89. The number of hydrogen-bond donors (Lipinski definition) is 0. The minimum Gasteiger partial charge on any atom is -0.353 e. The molecule has 0 fully saturated rings.